The van der Waals surface area contributed by atoms with Crippen LogP contribution >= 0.6 is 0 Å². The fourth-order valence-corrected chi connectivity index (χ4v) is 0.838. The lowest BCUT2D eigenvalue weighted by molar-refractivity contribution is -0.124. The first-order valence-corrected chi connectivity index (χ1v) is 3.07. The van der Waals surface area contributed by atoms with Gasteiger partial charge in [0.05, 0.1) is 6.61 Å². The van der Waals surface area contributed by atoms with Crippen molar-refractivity contribution in [2.75, 3.05) is 13.2 Å². The number of rotatable bonds is 1. The SMILES string of the molecule is CC(=O)NC1COCC1=O. The third kappa shape index (κ3) is 1.54. The molecule has 1 aliphatic rings. The molecule has 0 aliphatic carbocycles. The van der Waals surface area contributed by atoms with Crippen molar-refractivity contribution < 1.29 is 14.3 Å². The first kappa shape index (κ1) is 7.21. The van der Waals surface area contributed by atoms with Crippen molar-refractivity contribution in [3.05, 3.63) is 0 Å². The van der Waals surface area contributed by atoms with Gasteiger partial charge in [0.15, 0.2) is 5.78 Å². The summed E-state index contributed by atoms with van der Waals surface area (Å²) in [4.78, 5) is 21.2. The van der Waals surface area contributed by atoms with Gasteiger partial charge in [-0.15, -0.1) is 0 Å². The van der Waals surface area contributed by atoms with Gasteiger partial charge in [0.25, 0.3) is 0 Å². The van der Waals surface area contributed by atoms with E-state index in [-0.39, 0.29) is 18.3 Å². The molecule has 0 aromatic carbocycles. The molecule has 1 saturated heterocycles. The second-order valence-corrected chi connectivity index (χ2v) is 2.23. The zero-order valence-corrected chi connectivity index (χ0v) is 5.72. The lowest BCUT2D eigenvalue weighted by atomic mass is 10.2. The highest BCUT2D eigenvalue weighted by atomic mass is 16.5. The minimum Gasteiger partial charge on any atom is -0.371 e. The molecule has 1 aliphatic heterocycles. The van der Waals surface area contributed by atoms with E-state index in [0.29, 0.717) is 6.61 Å². The van der Waals surface area contributed by atoms with Crippen molar-refractivity contribution in [1.29, 1.82) is 0 Å². The van der Waals surface area contributed by atoms with Crippen molar-refractivity contribution in [2.24, 2.45) is 0 Å². The second-order valence-electron chi connectivity index (χ2n) is 2.23. The van der Waals surface area contributed by atoms with E-state index in [9.17, 15) is 9.59 Å². The molecule has 0 aromatic heterocycles. The number of hydrogen-bond acceptors (Lipinski definition) is 3. The van der Waals surface area contributed by atoms with Crippen LogP contribution in [0.2, 0.25) is 0 Å². The van der Waals surface area contributed by atoms with Gasteiger partial charge < -0.3 is 10.1 Å². The zero-order valence-electron chi connectivity index (χ0n) is 5.72. The highest BCUT2D eigenvalue weighted by Crippen LogP contribution is 1.98. The molecule has 0 bridgehead atoms. The van der Waals surface area contributed by atoms with Gasteiger partial charge in [-0.2, -0.15) is 0 Å². The lowest BCUT2D eigenvalue weighted by Gasteiger charge is -2.04. The molecular formula is C6H9NO3. The smallest absolute Gasteiger partial charge is 0.217 e. The molecule has 0 saturated carbocycles. The van der Waals surface area contributed by atoms with Gasteiger partial charge in [0.2, 0.25) is 5.91 Å². The van der Waals surface area contributed by atoms with Gasteiger partial charge in [0, 0.05) is 6.92 Å². The van der Waals surface area contributed by atoms with E-state index in [0.717, 1.165) is 0 Å². The van der Waals surface area contributed by atoms with Crippen molar-refractivity contribution in [2.45, 2.75) is 13.0 Å². The molecule has 1 N–H and O–H groups in total. The Morgan fingerprint density at radius 2 is 2.50 bits per heavy atom. The second kappa shape index (κ2) is 2.79. The fraction of sp³-hybridized carbons (Fsp3) is 0.667. The molecule has 1 rings (SSSR count). The minimum atomic E-state index is -0.405. The van der Waals surface area contributed by atoms with Gasteiger partial charge in [-0.05, 0) is 0 Å². The molecule has 0 spiro atoms. The summed E-state index contributed by atoms with van der Waals surface area (Å²) in [5, 5.41) is 2.48. The maximum atomic E-state index is 10.8. The molecule has 0 aromatic rings. The molecule has 0 radical (unpaired) electrons. The quantitative estimate of drug-likeness (QED) is 0.517. The molecule has 4 heteroatoms. The number of hydrogen-bond donors (Lipinski definition) is 1. The topological polar surface area (TPSA) is 55.4 Å². The monoisotopic (exact) mass is 143 g/mol. The van der Waals surface area contributed by atoms with Gasteiger partial charge in [-0.25, -0.2) is 0 Å². The van der Waals surface area contributed by atoms with Crippen LogP contribution in [0.3, 0.4) is 0 Å². The summed E-state index contributed by atoms with van der Waals surface area (Å²) in [6, 6.07) is -0.405. The highest BCUT2D eigenvalue weighted by Gasteiger charge is 2.25. The van der Waals surface area contributed by atoms with Crippen LogP contribution in [-0.2, 0) is 14.3 Å². The van der Waals surface area contributed by atoms with Crippen molar-refractivity contribution in [3.8, 4) is 0 Å². The Balaban J connectivity index is 2.40. The number of ketones is 1. The first-order chi connectivity index (χ1) is 4.70. The van der Waals surface area contributed by atoms with E-state index in [4.69, 9.17) is 4.74 Å². The third-order valence-corrected chi connectivity index (χ3v) is 1.29. The molecule has 4 nitrogen and oxygen atoms in total. The minimum absolute atomic E-state index is 0.0461. The summed E-state index contributed by atoms with van der Waals surface area (Å²) in [6.45, 7) is 1.83. The van der Waals surface area contributed by atoms with Gasteiger partial charge in [-0.3, -0.25) is 9.59 Å². The molecule has 1 atom stereocenters. The Morgan fingerprint density at radius 1 is 1.80 bits per heavy atom. The highest BCUT2D eigenvalue weighted by molar-refractivity contribution is 5.90. The molecule has 1 amide bonds. The van der Waals surface area contributed by atoms with Gasteiger partial charge >= 0.3 is 0 Å². The number of carbonyl (C=O) groups is 2. The Morgan fingerprint density at radius 3 is 2.90 bits per heavy atom. The van der Waals surface area contributed by atoms with E-state index >= 15 is 0 Å². The Kier molecular flexibility index (Phi) is 2.01. The van der Waals surface area contributed by atoms with Gasteiger partial charge in [0.1, 0.15) is 12.6 Å². The number of Topliss-reactive ketones (excluding diaryl/α,β-unsaturated/α-hetero) is 1. The largest absolute Gasteiger partial charge is 0.371 e. The molecule has 1 fully saturated rings. The van der Waals surface area contributed by atoms with Crippen molar-refractivity contribution in [3.63, 3.8) is 0 Å². The van der Waals surface area contributed by atoms with Crippen LogP contribution < -0.4 is 5.32 Å². The Hall–Kier alpha value is -0.900. The summed E-state index contributed by atoms with van der Waals surface area (Å²) in [7, 11) is 0. The van der Waals surface area contributed by atoms with E-state index in [1.165, 1.54) is 6.92 Å². The fourth-order valence-electron chi connectivity index (χ4n) is 0.838. The van der Waals surface area contributed by atoms with E-state index in [1.54, 1.807) is 0 Å². The lowest BCUT2D eigenvalue weighted by Crippen LogP contribution is -2.38. The van der Waals surface area contributed by atoms with Crippen molar-refractivity contribution in [1.82, 2.24) is 5.32 Å². The van der Waals surface area contributed by atoms with E-state index in [2.05, 4.69) is 5.32 Å². The van der Waals surface area contributed by atoms with E-state index in [1.807, 2.05) is 0 Å². The maximum Gasteiger partial charge on any atom is 0.217 e. The van der Waals surface area contributed by atoms with Crippen LogP contribution in [0.5, 0.6) is 0 Å². The number of nitrogens with one attached hydrogen (secondary N) is 1. The number of carbonyl (C=O) groups excluding carboxylic acids is 2. The zero-order chi connectivity index (χ0) is 7.56. The van der Waals surface area contributed by atoms with Crippen LogP contribution in [0.15, 0.2) is 0 Å². The Bertz CT molecular complexity index is 166. The summed E-state index contributed by atoms with van der Waals surface area (Å²) in [5.74, 6) is -0.237. The molecular weight excluding hydrogens is 134 g/mol. The molecule has 1 unspecified atom stereocenters. The van der Waals surface area contributed by atoms with Crippen LogP contribution in [-0.4, -0.2) is 30.9 Å². The van der Waals surface area contributed by atoms with Gasteiger partial charge in [-0.1, -0.05) is 0 Å². The summed E-state index contributed by atoms with van der Waals surface area (Å²) in [5.41, 5.74) is 0. The normalized spacial score (nSPS) is 24.9. The summed E-state index contributed by atoms with van der Waals surface area (Å²) < 4.78 is 4.81. The number of ether oxygens (including phenoxy) is 1. The van der Waals surface area contributed by atoms with Crippen LogP contribution in [0, 0.1) is 0 Å². The van der Waals surface area contributed by atoms with Crippen LogP contribution in [0.1, 0.15) is 6.92 Å². The predicted octanol–water partition coefficient (Wildman–Crippen LogP) is -0.910. The average molecular weight is 143 g/mol. The van der Waals surface area contributed by atoms with E-state index < -0.39 is 6.04 Å². The standard InChI is InChI=1S/C6H9NO3/c1-4(8)7-5-2-10-3-6(5)9/h5H,2-3H2,1H3,(H,7,8). The molecule has 56 valence electrons. The average Bonchev–Trinajstić information content (AvgIpc) is 2.15. The summed E-state index contributed by atoms with van der Waals surface area (Å²) in [6.07, 6.45) is 0. The Labute approximate surface area is 58.5 Å². The third-order valence-electron chi connectivity index (χ3n) is 1.29. The molecule has 1 heterocycles. The molecule has 10 heavy (non-hydrogen) atoms. The predicted molar refractivity (Wildman–Crippen MR) is 33.4 cm³/mol. The van der Waals surface area contributed by atoms with Crippen LogP contribution in [0.4, 0.5) is 0 Å². The maximum absolute atomic E-state index is 10.8. The number of amides is 1. The van der Waals surface area contributed by atoms with Crippen LogP contribution in [0.25, 0.3) is 0 Å². The van der Waals surface area contributed by atoms with Crippen molar-refractivity contribution >= 4 is 11.7 Å². The first-order valence-electron chi connectivity index (χ1n) is 3.07. The summed E-state index contributed by atoms with van der Waals surface area (Å²) >= 11 is 0.